The molecule has 8 heteroatoms. The van der Waals surface area contributed by atoms with Crippen LogP contribution in [0.1, 0.15) is 39.7 Å². The summed E-state index contributed by atoms with van der Waals surface area (Å²) in [6.45, 7) is 5.25. The number of benzene rings is 1. The first-order chi connectivity index (χ1) is 12.7. The summed E-state index contributed by atoms with van der Waals surface area (Å²) in [6.07, 6.45) is 0.302. The summed E-state index contributed by atoms with van der Waals surface area (Å²) >= 11 is 0. The van der Waals surface area contributed by atoms with Crippen molar-refractivity contribution in [2.45, 2.75) is 58.9 Å². The lowest BCUT2D eigenvalue weighted by Gasteiger charge is -2.57. The molecular weight excluding hydrogens is 358 g/mol. The Bertz CT molecular complexity index is 669. The third-order valence-electron chi connectivity index (χ3n) is 5.24. The summed E-state index contributed by atoms with van der Waals surface area (Å²) in [5, 5.41) is 2.74. The Kier molecular flexibility index (Phi) is 6.64. The fourth-order valence-electron chi connectivity index (χ4n) is 3.35. The van der Waals surface area contributed by atoms with Crippen LogP contribution in [-0.4, -0.2) is 37.4 Å². The van der Waals surface area contributed by atoms with Crippen LogP contribution in [0.25, 0.3) is 0 Å². The van der Waals surface area contributed by atoms with Gasteiger partial charge in [0.05, 0.1) is 12.7 Å². The molecule has 3 N–H and O–H groups in total. The molecule has 2 atom stereocenters. The van der Waals surface area contributed by atoms with Gasteiger partial charge in [0, 0.05) is 30.6 Å². The van der Waals surface area contributed by atoms with Crippen LogP contribution >= 0.6 is 0 Å². The molecule has 1 aromatic carbocycles. The number of amides is 1. The van der Waals surface area contributed by atoms with Crippen LogP contribution in [0.2, 0.25) is 0 Å². The Morgan fingerprint density at radius 1 is 1.33 bits per heavy atom. The minimum absolute atomic E-state index is 0.00384. The number of carbonyl (C=O) groups is 1. The van der Waals surface area contributed by atoms with Gasteiger partial charge in [-0.15, -0.1) is 0 Å². The third-order valence-corrected chi connectivity index (χ3v) is 5.24. The van der Waals surface area contributed by atoms with E-state index in [9.17, 15) is 13.6 Å². The van der Waals surface area contributed by atoms with Crippen LogP contribution < -0.4 is 20.5 Å². The molecule has 2 rings (SSSR count). The van der Waals surface area contributed by atoms with E-state index in [1.165, 1.54) is 0 Å². The highest BCUT2D eigenvalue weighted by Gasteiger charge is 2.62. The van der Waals surface area contributed by atoms with Gasteiger partial charge in [-0.1, -0.05) is 26.0 Å². The first-order valence-electron chi connectivity index (χ1n) is 9.05. The number of halogens is 2. The third kappa shape index (κ3) is 4.16. The molecule has 6 nitrogen and oxygen atoms in total. The predicted molar refractivity (Wildman–Crippen MR) is 96.8 cm³/mol. The van der Waals surface area contributed by atoms with Gasteiger partial charge in [-0.2, -0.15) is 8.78 Å². The maximum atomic E-state index is 12.8. The van der Waals surface area contributed by atoms with Crippen molar-refractivity contribution in [3.63, 3.8) is 0 Å². The number of para-hydroxylation sites is 1. The van der Waals surface area contributed by atoms with E-state index in [0.29, 0.717) is 25.2 Å². The molecule has 1 aliphatic rings. The molecule has 1 aliphatic carbocycles. The number of nitrogens with two attached hydrogens (primary N) is 1. The number of alkyl halides is 2. The average molecular weight is 386 g/mol. The van der Waals surface area contributed by atoms with Crippen LogP contribution in [0.15, 0.2) is 18.2 Å². The minimum atomic E-state index is -3.00. The summed E-state index contributed by atoms with van der Waals surface area (Å²) in [6, 6.07) is 4.79. The standard InChI is InChI=1S/C19H28F2N2O4/c1-5-25-13-9-7-8-12(15(13)27-17(20)21)11-23-16(24)19(22)10-14(26-6-2)18(19,3)4/h7-9,14,17H,5-6,10-11,22H2,1-4H3,(H,23,24). The minimum Gasteiger partial charge on any atom is -0.490 e. The van der Waals surface area contributed by atoms with E-state index in [2.05, 4.69) is 10.1 Å². The number of carbonyl (C=O) groups excluding carboxylic acids is 1. The van der Waals surface area contributed by atoms with Gasteiger partial charge in [-0.25, -0.2) is 0 Å². The van der Waals surface area contributed by atoms with Gasteiger partial charge < -0.3 is 25.3 Å². The van der Waals surface area contributed by atoms with E-state index in [1.807, 2.05) is 20.8 Å². The van der Waals surface area contributed by atoms with Gasteiger partial charge in [-0.05, 0) is 19.9 Å². The summed E-state index contributed by atoms with van der Waals surface area (Å²) in [5.41, 5.74) is 5.09. The molecule has 0 spiro atoms. The van der Waals surface area contributed by atoms with Gasteiger partial charge in [0.1, 0.15) is 5.54 Å². The zero-order valence-electron chi connectivity index (χ0n) is 16.2. The molecule has 0 heterocycles. The van der Waals surface area contributed by atoms with Gasteiger partial charge in [0.15, 0.2) is 11.5 Å². The van der Waals surface area contributed by atoms with Crippen molar-refractivity contribution in [2.24, 2.45) is 11.1 Å². The zero-order valence-corrected chi connectivity index (χ0v) is 16.2. The highest BCUT2D eigenvalue weighted by Crippen LogP contribution is 2.49. The Hall–Kier alpha value is -1.93. The fourth-order valence-corrected chi connectivity index (χ4v) is 3.35. The van der Waals surface area contributed by atoms with Crippen LogP contribution in [0, 0.1) is 5.41 Å². The molecule has 27 heavy (non-hydrogen) atoms. The monoisotopic (exact) mass is 386 g/mol. The molecule has 2 unspecified atom stereocenters. The summed E-state index contributed by atoms with van der Waals surface area (Å²) in [5.74, 6) is -0.235. The van der Waals surface area contributed by atoms with E-state index in [4.69, 9.17) is 15.2 Å². The first kappa shape index (κ1) is 21.4. The second-order valence-corrected chi connectivity index (χ2v) is 7.08. The van der Waals surface area contributed by atoms with Gasteiger partial charge in [0.25, 0.3) is 0 Å². The van der Waals surface area contributed by atoms with Crippen molar-refractivity contribution in [1.29, 1.82) is 0 Å². The first-order valence-corrected chi connectivity index (χ1v) is 9.05. The van der Waals surface area contributed by atoms with Crippen molar-refractivity contribution in [3.05, 3.63) is 23.8 Å². The quantitative estimate of drug-likeness (QED) is 0.682. The lowest BCUT2D eigenvalue weighted by molar-refractivity contribution is -0.170. The molecule has 1 amide bonds. The molecule has 0 saturated heterocycles. The molecule has 1 aromatic rings. The van der Waals surface area contributed by atoms with Gasteiger partial charge >= 0.3 is 6.61 Å². The number of hydrogen-bond acceptors (Lipinski definition) is 5. The summed E-state index contributed by atoms with van der Waals surface area (Å²) < 4.78 is 41.2. The number of hydrogen-bond donors (Lipinski definition) is 2. The van der Waals surface area contributed by atoms with Crippen LogP contribution in [0.5, 0.6) is 11.5 Å². The zero-order chi connectivity index (χ0) is 20.2. The van der Waals surface area contributed by atoms with E-state index < -0.39 is 17.6 Å². The smallest absolute Gasteiger partial charge is 0.387 e. The maximum absolute atomic E-state index is 12.8. The molecule has 0 radical (unpaired) electrons. The van der Waals surface area contributed by atoms with Gasteiger partial charge in [-0.3, -0.25) is 4.79 Å². The molecule has 1 saturated carbocycles. The predicted octanol–water partition coefficient (Wildman–Crippen LogP) is 2.84. The second kappa shape index (κ2) is 8.39. The van der Waals surface area contributed by atoms with Crippen LogP contribution in [0.4, 0.5) is 8.78 Å². The lowest BCUT2D eigenvalue weighted by Crippen LogP contribution is -2.75. The van der Waals surface area contributed by atoms with E-state index in [1.54, 1.807) is 25.1 Å². The van der Waals surface area contributed by atoms with Gasteiger partial charge in [0.2, 0.25) is 5.91 Å². The number of nitrogens with one attached hydrogen (secondary N) is 1. The van der Waals surface area contributed by atoms with Crippen LogP contribution in [-0.2, 0) is 16.1 Å². The normalized spacial score (nSPS) is 23.6. The summed E-state index contributed by atoms with van der Waals surface area (Å²) in [7, 11) is 0. The van der Waals surface area contributed by atoms with Crippen molar-refractivity contribution in [3.8, 4) is 11.5 Å². The molecule has 0 aliphatic heterocycles. The molecule has 0 aromatic heterocycles. The molecule has 0 bridgehead atoms. The van der Waals surface area contributed by atoms with Crippen molar-refractivity contribution >= 4 is 5.91 Å². The SMILES string of the molecule is CCOc1cccc(CNC(=O)C2(N)CC(OCC)C2(C)C)c1OC(F)F. The second-order valence-electron chi connectivity index (χ2n) is 7.08. The highest BCUT2D eigenvalue weighted by atomic mass is 19.3. The van der Waals surface area contributed by atoms with E-state index >= 15 is 0 Å². The molecular formula is C19H28F2N2O4. The highest BCUT2D eigenvalue weighted by molar-refractivity contribution is 5.88. The van der Waals surface area contributed by atoms with Crippen molar-refractivity contribution in [1.82, 2.24) is 5.32 Å². The van der Waals surface area contributed by atoms with Crippen molar-refractivity contribution in [2.75, 3.05) is 13.2 Å². The lowest BCUT2D eigenvalue weighted by atomic mass is 9.54. The van der Waals surface area contributed by atoms with Crippen molar-refractivity contribution < 1.29 is 27.8 Å². The topological polar surface area (TPSA) is 82.8 Å². The van der Waals surface area contributed by atoms with Crippen LogP contribution in [0.3, 0.4) is 0 Å². The average Bonchev–Trinajstić information content (AvgIpc) is 2.61. The van der Waals surface area contributed by atoms with E-state index in [0.717, 1.165) is 0 Å². The Morgan fingerprint density at radius 3 is 2.59 bits per heavy atom. The number of rotatable bonds is 9. The Balaban J connectivity index is 2.12. The largest absolute Gasteiger partial charge is 0.490 e. The fraction of sp³-hybridized carbons (Fsp3) is 0.632. The van der Waals surface area contributed by atoms with E-state index in [-0.39, 0.29) is 30.1 Å². The molecule has 1 fully saturated rings. The molecule has 152 valence electrons. The number of ether oxygens (including phenoxy) is 3. The maximum Gasteiger partial charge on any atom is 0.387 e. The Labute approximate surface area is 158 Å². The summed E-state index contributed by atoms with van der Waals surface area (Å²) in [4.78, 5) is 12.7. The Morgan fingerprint density at radius 2 is 2.04 bits per heavy atom.